The van der Waals surface area contributed by atoms with Crippen LogP contribution in [0.4, 0.5) is 0 Å². The van der Waals surface area contributed by atoms with Crippen LogP contribution in [0.25, 0.3) is 0 Å². The minimum atomic E-state index is 0.0729. The lowest BCUT2D eigenvalue weighted by atomic mass is 10.2. The highest BCUT2D eigenvalue weighted by molar-refractivity contribution is 4.95. The third-order valence-corrected chi connectivity index (χ3v) is 2.22. The van der Waals surface area contributed by atoms with Gasteiger partial charge in [0.15, 0.2) is 0 Å². The number of fused-ring (bicyclic) bond motifs is 1. The van der Waals surface area contributed by atoms with Crippen molar-refractivity contribution >= 4 is 0 Å². The van der Waals surface area contributed by atoms with E-state index in [1.54, 1.807) is 0 Å². The number of hydrogen-bond acceptors (Lipinski definition) is 1. The lowest BCUT2D eigenvalue weighted by Gasteiger charge is -1.98. The molecule has 40 valence electrons. The molecule has 0 saturated heterocycles. The van der Waals surface area contributed by atoms with E-state index in [1.807, 2.05) is 0 Å². The van der Waals surface area contributed by atoms with Crippen LogP contribution in [0.5, 0.6) is 0 Å². The molecule has 0 radical (unpaired) electrons. The summed E-state index contributed by atoms with van der Waals surface area (Å²) in [6.07, 6.45) is 3.69. The zero-order valence-corrected chi connectivity index (χ0v) is 4.30. The van der Waals surface area contributed by atoms with Crippen LogP contribution in [-0.2, 0) is 0 Å². The smallest absolute Gasteiger partial charge is 0.0545 e. The molecule has 0 unspecified atom stereocenters. The summed E-state index contributed by atoms with van der Waals surface area (Å²) in [5, 5.41) is 8.93. The summed E-state index contributed by atoms with van der Waals surface area (Å²) in [5.74, 6) is 1.88. The van der Waals surface area contributed by atoms with Gasteiger partial charge in [-0.05, 0) is 31.1 Å². The zero-order valence-electron chi connectivity index (χ0n) is 4.30. The molecule has 0 aromatic rings. The molecular weight excluding hydrogens is 88.1 g/mol. The molecule has 2 aliphatic rings. The summed E-state index contributed by atoms with van der Waals surface area (Å²) in [5.41, 5.74) is 0. The molecule has 3 atom stereocenters. The zero-order chi connectivity index (χ0) is 4.85. The van der Waals surface area contributed by atoms with Crippen molar-refractivity contribution in [3.05, 3.63) is 0 Å². The van der Waals surface area contributed by atoms with Crippen LogP contribution in [0.15, 0.2) is 0 Å². The Morgan fingerprint density at radius 3 is 1.86 bits per heavy atom. The Labute approximate surface area is 43.3 Å². The monoisotopic (exact) mass is 98.1 g/mol. The quantitative estimate of drug-likeness (QED) is 0.474. The van der Waals surface area contributed by atoms with E-state index in [9.17, 15) is 0 Å². The third kappa shape index (κ3) is 0.480. The van der Waals surface area contributed by atoms with Crippen molar-refractivity contribution in [3.8, 4) is 0 Å². The molecule has 1 heteroatoms. The molecule has 0 aliphatic heterocycles. The Hall–Kier alpha value is -0.0400. The second-order valence-electron chi connectivity index (χ2n) is 2.88. The molecule has 2 aliphatic carbocycles. The maximum atomic E-state index is 8.93. The molecule has 0 heterocycles. The van der Waals surface area contributed by atoms with Gasteiger partial charge in [-0.15, -0.1) is 0 Å². The molecule has 0 spiro atoms. The Kier molecular flexibility index (Phi) is 0.571. The van der Waals surface area contributed by atoms with Crippen molar-refractivity contribution in [1.82, 2.24) is 0 Å². The second-order valence-corrected chi connectivity index (χ2v) is 2.88. The normalized spacial score (nSPS) is 57.0. The first-order valence-corrected chi connectivity index (χ1v) is 3.04. The standard InChI is InChI=1S/C6H10O/c7-6-2-4-1-5(4)3-6/h4-7H,1-3H2/t4-,5+,6+. The Balaban J connectivity index is 2.02. The van der Waals surface area contributed by atoms with Gasteiger partial charge in [0.1, 0.15) is 0 Å². The Morgan fingerprint density at radius 2 is 1.57 bits per heavy atom. The summed E-state index contributed by atoms with van der Waals surface area (Å²) in [6, 6.07) is 0. The molecule has 2 rings (SSSR count). The van der Waals surface area contributed by atoms with E-state index >= 15 is 0 Å². The molecule has 2 fully saturated rings. The van der Waals surface area contributed by atoms with Crippen molar-refractivity contribution in [1.29, 1.82) is 0 Å². The Morgan fingerprint density at radius 1 is 1.00 bits per heavy atom. The van der Waals surface area contributed by atoms with Crippen LogP contribution in [0.2, 0.25) is 0 Å². The highest BCUT2D eigenvalue weighted by Crippen LogP contribution is 2.51. The molecule has 2 saturated carbocycles. The van der Waals surface area contributed by atoms with Gasteiger partial charge < -0.3 is 5.11 Å². The topological polar surface area (TPSA) is 20.2 Å². The first kappa shape index (κ1) is 3.90. The predicted octanol–water partition coefficient (Wildman–Crippen LogP) is 0.777. The lowest BCUT2D eigenvalue weighted by Crippen LogP contribution is -2.00. The highest BCUT2D eigenvalue weighted by atomic mass is 16.3. The molecule has 1 nitrogen and oxygen atoms in total. The van der Waals surface area contributed by atoms with Gasteiger partial charge in [-0.25, -0.2) is 0 Å². The molecule has 0 bridgehead atoms. The summed E-state index contributed by atoms with van der Waals surface area (Å²) < 4.78 is 0. The number of hydrogen-bond donors (Lipinski definition) is 1. The second kappa shape index (κ2) is 1.03. The van der Waals surface area contributed by atoms with Gasteiger partial charge in [-0.2, -0.15) is 0 Å². The fraction of sp³-hybridized carbons (Fsp3) is 1.00. The maximum Gasteiger partial charge on any atom is 0.0545 e. The van der Waals surface area contributed by atoms with Crippen LogP contribution in [0.3, 0.4) is 0 Å². The number of aliphatic hydroxyl groups excluding tert-OH is 1. The van der Waals surface area contributed by atoms with E-state index in [0.717, 1.165) is 24.7 Å². The summed E-state index contributed by atoms with van der Waals surface area (Å²) in [7, 11) is 0. The van der Waals surface area contributed by atoms with E-state index in [4.69, 9.17) is 5.11 Å². The van der Waals surface area contributed by atoms with E-state index in [-0.39, 0.29) is 6.10 Å². The van der Waals surface area contributed by atoms with Crippen molar-refractivity contribution < 1.29 is 5.11 Å². The van der Waals surface area contributed by atoms with E-state index in [0.29, 0.717) is 0 Å². The molecule has 0 amide bonds. The van der Waals surface area contributed by atoms with Gasteiger partial charge in [0.05, 0.1) is 6.10 Å². The summed E-state index contributed by atoms with van der Waals surface area (Å²) >= 11 is 0. The largest absolute Gasteiger partial charge is 0.393 e. The van der Waals surface area contributed by atoms with Gasteiger partial charge >= 0.3 is 0 Å². The van der Waals surface area contributed by atoms with Crippen LogP contribution < -0.4 is 0 Å². The van der Waals surface area contributed by atoms with Crippen LogP contribution in [-0.4, -0.2) is 11.2 Å². The van der Waals surface area contributed by atoms with E-state index in [1.165, 1.54) is 6.42 Å². The predicted molar refractivity (Wildman–Crippen MR) is 26.8 cm³/mol. The van der Waals surface area contributed by atoms with Gasteiger partial charge in [-0.1, -0.05) is 0 Å². The highest BCUT2D eigenvalue weighted by Gasteiger charge is 2.44. The maximum absolute atomic E-state index is 8.93. The minimum absolute atomic E-state index is 0.0729. The van der Waals surface area contributed by atoms with E-state index < -0.39 is 0 Å². The van der Waals surface area contributed by atoms with Crippen molar-refractivity contribution in [2.24, 2.45) is 11.8 Å². The lowest BCUT2D eigenvalue weighted by molar-refractivity contribution is 0.168. The van der Waals surface area contributed by atoms with Crippen LogP contribution >= 0.6 is 0 Å². The molecule has 0 aromatic carbocycles. The number of rotatable bonds is 0. The van der Waals surface area contributed by atoms with Crippen molar-refractivity contribution in [2.75, 3.05) is 0 Å². The Bertz CT molecular complexity index is 80.2. The SMILES string of the molecule is O[C@@H]1C[C@@H]2C[C@@H]2C1. The molecular formula is C6H10O. The fourth-order valence-corrected chi connectivity index (χ4v) is 1.68. The molecule has 0 aromatic heterocycles. The van der Waals surface area contributed by atoms with Gasteiger partial charge in [0, 0.05) is 0 Å². The van der Waals surface area contributed by atoms with Gasteiger partial charge in [0.2, 0.25) is 0 Å². The van der Waals surface area contributed by atoms with Crippen molar-refractivity contribution in [3.63, 3.8) is 0 Å². The minimum Gasteiger partial charge on any atom is -0.393 e. The first-order chi connectivity index (χ1) is 3.36. The summed E-state index contributed by atoms with van der Waals surface area (Å²) in [4.78, 5) is 0. The first-order valence-electron chi connectivity index (χ1n) is 3.04. The molecule has 7 heavy (non-hydrogen) atoms. The summed E-state index contributed by atoms with van der Waals surface area (Å²) in [6.45, 7) is 0. The molecule has 1 N–H and O–H groups in total. The van der Waals surface area contributed by atoms with E-state index in [2.05, 4.69) is 0 Å². The van der Waals surface area contributed by atoms with Crippen molar-refractivity contribution in [2.45, 2.75) is 25.4 Å². The average Bonchev–Trinajstić information content (AvgIpc) is 2.15. The fourth-order valence-electron chi connectivity index (χ4n) is 1.68. The average molecular weight is 98.1 g/mol. The van der Waals surface area contributed by atoms with Crippen LogP contribution in [0, 0.1) is 11.8 Å². The van der Waals surface area contributed by atoms with Gasteiger partial charge in [0.25, 0.3) is 0 Å². The third-order valence-electron chi connectivity index (χ3n) is 2.22. The number of aliphatic hydroxyl groups is 1. The van der Waals surface area contributed by atoms with Gasteiger partial charge in [-0.3, -0.25) is 0 Å². The van der Waals surface area contributed by atoms with Crippen LogP contribution in [0.1, 0.15) is 19.3 Å².